The van der Waals surface area contributed by atoms with Crippen LogP contribution in [-0.4, -0.2) is 52.8 Å². The summed E-state index contributed by atoms with van der Waals surface area (Å²) < 4.78 is 24.8. The van der Waals surface area contributed by atoms with Crippen molar-refractivity contribution in [3.8, 4) is 0 Å². The van der Waals surface area contributed by atoms with Gasteiger partial charge in [0.05, 0.1) is 0 Å². The molecule has 3 nitrogen and oxygen atoms in total. The molecule has 0 saturated carbocycles. The molecule has 0 fully saturated rings. The SMILES string of the molecule is CCC[CH2][Sn]([CH2]CCC)([CH2]CCC)[CH2]/C(=C\[C@@H](C)OCOC)C[C@@H](C)O[Si](c1ccccc1)(c1ccccc1)C(C)(C)C. The number of unbranched alkanes of at least 4 members (excludes halogenated alkanes) is 3. The van der Waals surface area contributed by atoms with Gasteiger partial charge >= 0.3 is 273 Å². The second-order valence-corrected chi connectivity index (χ2v) is 32.0. The van der Waals surface area contributed by atoms with E-state index in [2.05, 4.69) is 122 Å². The maximum absolute atomic E-state index is 7.58. The topological polar surface area (TPSA) is 27.7 Å². The van der Waals surface area contributed by atoms with Gasteiger partial charge < -0.3 is 0 Å². The summed E-state index contributed by atoms with van der Waals surface area (Å²) in [5, 5.41) is 2.67. The fraction of sp³-hybridized carbons (Fsp3) is 0.632. The van der Waals surface area contributed by atoms with Gasteiger partial charge in [0.15, 0.2) is 0 Å². The molecule has 0 saturated heterocycles. The molecule has 0 amide bonds. The third-order valence-corrected chi connectivity index (χ3v) is 29.8. The monoisotopic (exact) mass is 716 g/mol. The summed E-state index contributed by atoms with van der Waals surface area (Å²) in [6, 6.07) is 22.2. The number of benzene rings is 2. The van der Waals surface area contributed by atoms with E-state index in [1.165, 1.54) is 66.6 Å². The Balaban J connectivity index is 2.56. The van der Waals surface area contributed by atoms with Gasteiger partial charge in [0.2, 0.25) is 0 Å². The van der Waals surface area contributed by atoms with Crippen molar-refractivity contribution in [2.24, 2.45) is 0 Å². The molecule has 0 aliphatic carbocycles. The zero-order valence-corrected chi connectivity index (χ0v) is 33.1. The fourth-order valence-corrected chi connectivity index (χ4v) is 28.2. The first-order chi connectivity index (χ1) is 20.6. The third kappa shape index (κ3) is 11.7. The fourth-order valence-electron chi connectivity index (χ4n) is 6.94. The molecular formula is C38H64O3SiSn. The standard InChI is InChI=1S/C26H37O3Si.3C4H9.Sn/c1-21(18-22(2)28-20-27-7)19-23(3)29-30(26(4,5)6,24-14-10-8-11-15-24)25-16-12-9-13-17-25;3*1-3-4-2;/h8-18,22-23H,1,19-20H2,2-7H3;3*1,3-4H2,2H3;/b21-18+;;;;/t22-,23-;;;;/m1..../s1. The third-order valence-electron chi connectivity index (χ3n) is 9.05. The molecule has 2 rings (SSSR count). The van der Waals surface area contributed by atoms with Crippen LogP contribution in [0.2, 0.25) is 22.8 Å². The molecule has 0 spiro atoms. The Kier molecular flexibility index (Phi) is 17.4. The van der Waals surface area contributed by atoms with E-state index < -0.39 is 26.7 Å². The van der Waals surface area contributed by atoms with Gasteiger partial charge in [0.1, 0.15) is 0 Å². The number of ether oxygens (including phenoxy) is 2. The Hall–Kier alpha value is -0.924. The number of methoxy groups -OCH3 is 1. The van der Waals surface area contributed by atoms with Crippen LogP contribution in [0.3, 0.4) is 0 Å². The molecule has 0 heterocycles. The molecule has 2 aromatic carbocycles. The Bertz CT molecular complexity index is 973. The first-order valence-electron chi connectivity index (χ1n) is 17.2. The molecule has 0 aliphatic heterocycles. The van der Waals surface area contributed by atoms with Gasteiger partial charge in [-0.25, -0.2) is 0 Å². The van der Waals surface area contributed by atoms with Gasteiger partial charge in [-0.05, 0) is 0 Å². The molecule has 0 aromatic heterocycles. The Morgan fingerprint density at radius 3 is 1.65 bits per heavy atom. The molecule has 242 valence electrons. The van der Waals surface area contributed by atoms with Crippen molar-refractivity contribution in [3.05, 3.63) is 72.3 Å². The van der Waals surface area contributed by atoms with Crippen molar-refractivity contribution in [1.82, 2.24) is 0 Å². The van der Waals surface area contributed by atoms with Crippen LogP contribution in [0, 0.1) is 0 Å². The van der Waals surface area contributed by atoms with Gasteiger partial charge in [-0.2, -0.15) is 0 Å². The Morgan fingerprint density at radius 1 is 0.791 bits per heavy atom. The molecule has 43 heavy (non-hydrogen) atoms. The maximum atomic E-state index is 7.58. The zero-order valence-electron chi connectivity index (χ0n) is 29.2. The predicted molar refractivity (Wildman–Crippen MR) is 193 cm³/mol. The van der Waals surface area contributed by atoms with Crippen LogP contribution >= 0.6 is 0 Å². The first kappa shape index (κ1) is 38.3. The van der Waals surface area contributed by atoms with Crippen LogP contribution in [0.4, 0.5) is 0 Å². The molecule has 0 N–H and O–H groups in total. The second kappa shape index (κ2) is 19.6. The average molecular weight is 716 g/mol. The van der Waals surface area contributed by atoms with Crippen molar-refractivity contribution in [2.75, 3.05) is 13.9 Å². The van der Waals surface area contributed by atoms with E-state index in [-0.39, 0.29) is 17.2 Å². The molecule has 0 unspecified atom stereocenters. The average Bonchev–Trinajstić information content (AvgIpc) is 2.99. The first-order valence-corrected chi connectivity index (χ1v) is 27.1. The van der Waals surface area contributed by atoms with Crippen LogP contribution in [0.15, 0.2) is 72.3 Å². The van der Waals surface area contributed by atoms with Gasteiger partial charge in [0.25, 0.3) is 0 Å². The summed E-state index contributed by atoms with van der Waals surface area (Å²) in [5.74, 6) is 0. The predicted octanol–water partition coefficient (Wildman–Crippen LogP) is 10.1. The number of hydrogen-bond donors (Lipinski definition) is 0. The van der Waals surface area contributed by atoms with E-state index in [1.54, 1.807) is 12.7 Å². The van der Waals surface area contributed by atoms with E-state index in [4.69, 9.17) is 13.9 Å². The van der Waals surface area contributed by atoms with Crippen molar-refractivity contribution in [3.63, 3.8) is 0 Å². The summed E-state index contributed by atoms with van der Waals surface area (Å²) in [5.41, 5.74) is 1.58. The van der Waals surface area contributed by atoms with Gasteiger partial charge in [0, 0.05) is 0 Å². The Labute approximate surface area is 271 Å². The molecule has 0 aliphatic rings. The van der Waals surface area contributed by atoms with Crippen molar-refractivity contribution in [2.45, 2.75) is 135 Å². The van der Waals surface area contributed by atoms with E-state index in [0.29, 0.717) is 6.79 Å². The van der Waals surface area contributed by atoms with Gasteiger partial charge in [-0.15, -0.1) is 0 Å². The summed E-state index contributed by atoms with van der Waals surface area (Å²) in [6.07, 6.45) is 11.6. The minimum atomic E-state index is -2.62. The number of rotatable bonds is 21. The summed E-state index contributed by atoms with van der Waals surface area (Å²) >= 11 is -2.46. The van der Waals surface area contributed by atoms with Crippen molar-refractivity contribution >= 4 is 37.1 Å². The summed E-state index contributed by atoms with van der Waals surface area (Å²) in [4.78, 5) is 0. The van der Waals surface area contributed by atoms with E-state index >= 15 is 0 Å². The summed E-state index contributed by atoms with van der Waals surface area (Å²) in [7, 11) is -0.916. The second-order valence-electron chi connectivity index (χ2n) is 13.9. The molecule has 0 radical (unpaired) electrons. The van der Waals surface area contributed by atoms with E-state index in [0.717, 1.165) is 6.42 Å². The summed E-state index contributed by atoms with van der Waals surface area (Å²) in [6.45, 7) is 19.1. The van der Waals surface area contributed by atoms with E-state index in [1.807, 2.05) is 0 Å². The normalized spacial score (nSPS) is 14.6. The van der Waals surface area contributed by atoms with Gasteiger partial charge in [-0.3, -0.25) is 0 Å². The zero-order chi connectivity index (χ0) is 31.8. The minimum absolute atomic E-state index is 0.0301. The van der Waals surface area contributed by atoms with Crippen LogP contribution < -0.4 is 10.4 Å². The molecular weight excluding hydrogens is 651 g/mol. The van der Waals surface area contributed by atoms with Crippen LogP contribution in [0.5, 0.6) is 0 Å². The van der Waals surface area contributed by atoms with Crippen LogP contribution in [-0.2, 0) is 13.9 Å². The van der Waals surface area contributed by atoms with Crippen molar-refractivity contribution < 1.29 is 13.9 Å². The van der Waals surface area contributed by atoms with E-state index in [9.17, 15) is 0 Å². The van der Waals surface area contributed by atoms with Crippen LogP contribution in [0.1, 0.15) is 100 Å². The van der Waals surface area contributed by atoms with Gasteiger partial charge in [-0.1, -0.05) is 0 Å². The molecule has 0 bridgehead atoms. The number of hydrogen-bond acceptors (Lipinski definition) is 3. The Morgan fingerprint density at radius 2 is 1.26 bits per heavy atom. The quantitative estimate of drug-likeness (QED) is 0.0732. The van der Waals surface area contributed by atoms with Crippen molar-refractivity contribution in [1.29, 1.82) is 0 Å². The molecule has 5 heteroatoms. The molecule has 2 atom stereocenters. The van der Waals surface area contributed by atoms with Crippen LogP contribution in [0.25, 0.3) is 0 Å². The molecule has 2 aromatic rings.